The highest BCUT2D eigenvalue weighted by Crippen LogP contribution is 2.26. The molecule has 25 heavy (non-hydrogen) atoms. The third kappa shape index (κ3) is 4.50. The van der Waals surface area contributed by atoms with E-state index >= 15 is 0 Å². The van der Waals surface area contributed by atoms with E-state index in [1.165, 1.54) is 25.3 Å². The van der Waals surface area contributed by atoms with E-state index < -0.39 is 15.9 Å². The molecule has 0 aliphatic carbocycles. The third-order valence-electron chi connectivity index (χ3n) is 3.48. The minimum absolute atomic E-state index is 0.0913. The van der Waals surface area contributed by atoms with E-state index in [1.807, 2.05) is 6.92 Å². The fraction of sp³-hybridized carbons (Fsp3) is 0.235. The molecule has 2 aromatic carbocycles. The maximum Gasteiger partial charge on any atom is 0.255 e. The molecule has 8 heteroatoms. The molecule has 0 saturated heterocycles. The van der Waals surface area contributed by atoms with E-state index in [4.69, 9.17) is 16.3 Å². The van der Waals surface area contributed by atoms with Gasteiger partial charge in [-0.2, -0.15) is 0 Å². The predicted octanol–water partition coefficient (Wildman–Crippen LogP) is 3.21. The lowest BCUT2D eigenvalue weighted by atomic mass is 10.2. The quantitative estimate of drug-likeness (QED) is 0.803. The molecule has 2 N–H and O–H groups in total. The number of hydrogen-bond donors (Lipinski definition) is 2. The first kappa shape index (κ1) is 19.2. The highest BCUT2D eigenvalue weighted by Gasteiger charge is 2.21. The van der Waals surface area contributed by atoms with Crippen LogP contribution >= 0.6 is 11.6 Å². The molecule has 2 aromatic rings. The number of rotatable bonds is 6. The number of ether oxygens (including phenoxy) is 1. The Kier molecular flexibility index (Phi) is 6.05. The molecule has 6 nitrogen and oxygen atoms in total. The fourth-order valence-corrected chi connectivity index (χ4v) is 3.58. The second kappa shape index (κ2) is 7.86. The van der Waals surface area contributed by atoms with Crippen LogP contribution in [-0.2, 0) is 10.0 Å². The van der Waals surface area contributed by atoms with Crippen molar-refractivity contribution in [1.82, 2.24) is 4.72 Å². The van der Waals surface area contributed by atoms with E-state index in [0.29, 0.717) is 10.7 Å². The van der Waals surface area contributed by atoms with Crippen LogP contribution in [-0.4, -0.2) is 28.0 Å². The van der Waals surface area contributed by atoms with Crippen molar-refractivity contribution < 1.29 is 17.9 Å². The Morgan fingerprint density at radius 1 is 1.20 bits per heavy atom. The summed E-state index contributed by atoms with van der Waals surface area (Å²) >= 11 is 6.05. The minimum Gasteiger partial charge on any atom is -0.495 e. The van der Waals surface area contributed by atoms with Gasteiger partial charge in [0.25, 0.3) is 5.91 Å². The Labute approximate surface area is 152 Å². The topological polar surface area (TPSA) is 84.5 Å². The molecule has 0 aliphatic heterocycles. The van der Waals surface area contributed by atoms with E-state index in [-0.39, 0.29) is 22.8 Å². The number of methoxy groups -OCH3 is 1. The molecule has 2 rings (SSSR count). The molecule has 0 spiro atoms. The third-order valence-corrected chi connectivity index (χ3v) is 5.45. The lowest BCUT2D eigenvalue weighted by Gasteiger charge is -2.12. The van der Waals surface area contributed by atoms with Crippen LogP contribution in [0.2, 0.25) is 5.02 Å². The molecule has 1 amide bonds. The number of benzene rings is 2. The molecule has 0 radical (unpaired) electrons. The fourth-order valence-electron chi connectivity index (χ4n) is 2.17. The van der Waals surface area contributed by atoms with Gasteiger partial charge in [0.05, 0.1) is 7.11 Å². The summed E-state index contributed by atoms with van der Waals surface area (Å²) < 4.78 is 32.1. The first-order valence-corrected chi connectivity index (χ1v) is 9.39. The smallest absolute Gasteiger partial charge is 0.255 e. The van der Waals surface area contributed by atoms with Crippen LogP contribution in [0.15, 0.2) is 41.3 Å². The zero-order chi connectivity index (χ0) is 18.6. The van der Waals surface area contributed by atoms with Crippen LogP contribution in [0.5, 0.6) is 5.75 Å². The molecule has 0 aromatic heterocycles. The molecule has 0 fully saturated rings. The monoisotopic (exact) mass is 382 g/mol. The number of halogens is 1. The van der Waals surface area contributed by atoms with Crippen LogP contribution < -0.4 is 14.8 Å². The number of hydrogen-bond acceptors (Lipinski definition) is 4. The zero-order valence-corrected chi connectivity index (χ0v) is 15.7. The van der Waals surface area contributed by atoms with Crippen molar-refractivity contribution in [3.63, 3.8) is 0 Å². The summed E-state index contributed by atoms with van der Waals surface area (Å²) in [6.07, 6.45) is 0. The standard InChI is InChI=1S/C17H19ClN2O4S/c1-4-19-25(22,23)16-9-12(6-8-15(16)24-3)17(21)20-13-7-5-11(2)14(18)10-13/h5-10,19H,4H2,1-3H3,(H,20,21). The highest BCUT2D eigenvalue weighted by atomic mass is 35.5. The van der Waals surface area contributed by atoms with Crippen molar-refractivity contribution in [2.45, 2.75) is 18.7 Å². The number of carbonyl (C=O) groups is 1. The molecule has 0 unspecified atom stereocenters. The Morgan fingerprint density at radius 2 is 1.92 bits per heavy atom. The van der Waals surface area contributed by atoms with Gasteiger partial charge >= 0.3 is 0 Å². The number of amides is 1. The maximum atomic E-state index is 12.4. The Balaban J connectivity index is 2.35. The van der Waals surface area contributed by atoms with E-state index in [2.05, 4.69) is 10.0 Å². The molecular formula is C17H19ClN2O4S. The molecule has 0 heterocycles. The van der Waals surface area contributed by atoms with E-state index in [1.54, 1.807) is 25.1 Å². The Hall–Kier alpha value is -2.09. The number of aryl methyl sites for hydroxylation is 1. The van der Waals surface area contributed by atoms with Gasteiger partial charge in [-0.3, -0.25) is 4.79 Å². The largest absolute Gasteiger partial charge is 0.495 e. The zero-order valence-electron chi connectivity index (χ0n) is 14.1. The summed E-state index contributed by atoms with van der Waals surface area (Å²) in [5.74, 6) is -0.286. The van der Waals surface area contributed by atoms with Gasteiger partial charge in [-0.05, 0) is 42.8 Å². The summed E-state index contributed by atoms with van der Waals surface area (Å²) in [7, 11) is -2.40. The van der Waals surface area contributed by atoms with Gasteiger partial charge in [-0.1, -0.05) is 24.6 Å². The van der Waals surface area contributed by atoms with Gasteiger partial charge in [0.2, 0.25) is 10.0 Å². The van der Waals surface area contributed by atoms with Crippen LogP contribution in [0.25, 0.3) is 0 Å². The average molecular weight is 383 g/mol. The normalized spacial score (nSPS) is 11.2. The van der Waals surface area contributed by atoms with Crippen molar-refractivity contribution in [2.24, 2.45) is 0 Å². The van der Waals surface area contributed by atoms with Crippen molar-refractivity contribution >= 4 is 33.2 Å². The van der Waals surface area contributed by atoms with Gasteiger partial charge in [0.15, 0.2) is 0 Å². The molecular weight excluding hydrogens is 364 g/mol. The number of carbonyl (C=O) groups excluding carboxylic acids is 1. The molecule has 0 atom stereocenters. The summed E-state index contributed by atoms with van der Waals surface area (Å²) in [5.41, 5.74) is 1.60. The van der Waals surface area contributed by atoms with Gasteiger partial charge in [0.1, 0.15) is 10.6 Å². The lowest BCUT2D eigenvalue weighted by molar-refractivity contribution is 0.102. The van der Waals surface area contributed by atoms with Crippen LogP contribution in [0.1, 0.15) is 22.8 Å². The molecule has 0 bridgehead atoms. The van der Waals surface area contributed by atoms with E-state index in [9.17, 15) is 13.2 Å². The van der Waals surface area contributed by atoms with Gasteiger partial charge in [-0.15, -0.1) is 0 Å². The molecule has 0 aliphatic rings. The highest BCUT2D eigenvalue weighted by molar-refractivity contribution is 7.89. The van der Waals surface area contributed by atoms with Crippen molar-refractivity contribution in [2.75, 3.05) is 19.0 Å². The summed E-state index contributed by atoms with van der Waals surface area (Å²) in [6, 6.07) is 9.36. The second-order valence-corrected chi connectivity index (χ2v) is 7.43. The summed E-state index contributed by atoms with van der Waals surface area (Å²) in [4.78, 5) is 12.3. The van der Waals surface area contributed by atoms with Crippen LogP contribution in [0.4, 0.5) is 5.69 Å². The van der Waals surface area contributed by atoms with E-state index in [0.717, 1.165) is 5.56 Å². The van der Waals surface area contributed by atoms with Crippen molar-refractivity contribution in [3.8, 4) is 5.75 Å². The first-order valence-electron chi connectivity index (χ1n) is 7.53. The molecule has 0 saturated carbocycles. The number of anilines is 1. The maximum absolute atomic E-state index is 12.4. The Morgan fingerprint density at radius 3 is 2.52 bits per heavy atom. The van der Waals surface area contributed by atoms with Crippen LogP contribution in [0, 0.1) is 6.92 Å². The summed E-state index contributed by atoms with van der Waals surface area (Å²) in [5, 5.41) is 3.23. The number of nitrogens with one attached hydrogen (secondary N) is 2. The minimum atomic E-state index is -3.77. The summed E-state index contributed by atoms with van der Waals surface area (Å²) in [6.45, 7) is 3.75. The van der Waals surface area contributed by atoms with Crippen molar-refractivity contribution in [1.29, 1.82) is 0 Å². The number of sulfonamides is 1. The predicted molar refractivity (Wildman–Crippen MR) is 98.0 cm³/mol. The van der Waals surface area contributed by atoms with Gasteiger partial charge in [0, 0.05) is 22.8 Å². The SMILES string of the molecule is CCNS(=O)(=O)c1cc(C(=O)Nc2ccc(C)c(Cl)c2)ccc1OC. The Bertz CT molecular complexity index is 898. The van der Waals surface area contributed by atoms with Crippen molar-refractivity contribution in [3.05, 3.63) is 52.5 Å². The van der Waals surface area contributed by atoms with Gasteiger partial charge in [-0.25, -0.2) is 13.1 Å². The van der Waals surface area contributed by atoms with Crippen LogP contribution in [0.3, 0.4) is 0 Å². The molecule has 134 valence electrons. The lowest BCUT2D eigenvalue weighted by Crippen LogP contribution is -2.24. The second-order valence-electron chi connectivity index (χ2n) is 5.29. The first-order chi connectivity index (χ1) is 11.8. The van der Waals surface area contributed by atoms with Gasteiger partial charge < -0.3 is 10.1 Å². The average Bonchev–Trinajstić information content (AvgIpc) is 2.57.